The summed E-state index contributed by atoms with van der Waals surface area (Å²) in [6, 6.07) is 6.00. The molecule has 0 bridgehead atoms. The molecule has 1 saturated heterocycles. The van der Waals surface area contributed by atoms with Gasteiger partial charge >= 0.3 is 0 Å². The molecule has 5 N–H and O–H groups in total. The van der Waals surface area contributed by atoms with Gasteiger partial charge < -0.3 is 21.5 Å². The third kappa shape index (κ3) is 1.90. The summed E-state index contributed by atoms with van der Waals surface area (Å²) in [6.45, 7) is 1.60. The van der Waals surface area contributed by atoms with Gasteiger partial charge in [0.25, 0.3) is 0 Å². The van der Waals surface area contributed by atoms with Crippen LogP contribution in [0.1, 0.15) is 6.42 Å². The summed E-state index contributed by atoms with van der Waals surface area (Å²) in [6.07, 6.45) is 1.05. The predicted molar refractivity (Wildman–Crippen MR) is 58.1 cm³/mol. The van der Waals surface area contributed by atoms with Gasteiger partial charge in [0.15, 0.2) is 0 Å². The first-order valence-corrected chi connectivity index (χ1v) is 4.75. The molecule has 0 aromatic heterocycles. The van der Waals surface area contributed by atoms with Gasteiger partial charge in [-0.2, -0.15) is 0 Å². The maximum atomic E-state index is 5.70. The fourth-order valence-electron chi connectivity index (χ4n) is 1.55. The molecule has 76 valence electrons. The van der Waals surface area contributed by atoms with Crippen LogP contribution in [-0.4, -0.2) is 19.3 Å². The third-order valence-corrected chi connectivity index (χ3v) is 2.39. The van der Waals surface area contributed by atoms with Crippen LogP contribution >= 0.6 is 0 Å². The zero-order valence-corrected chi connectivity index (χ0v) is 7.99. The second kappa shape index (κ2) is 3.75. The number of benzene rings is 1. The van der Waals surface area contributed by atoms with Gasteiger partial charge in [-0.15, -0.1) is 0 Å². The van der Waals surface area contributed by atoms with Crippen molar-refractivity contribution in [3.8, 4) is 0 Å². The molecule has 2 rings (SSSR count). The molecule has 1 aromatic carbocycles. The van der Waals surface area contributed by atoms with E-state index in [4.69, 9.17) is 16.2 Å². The third-order valence-electron chi connectivity index (χ3n) is 2.39. The molecular formula is C10H15N3O. The zero-order chi connectivity index (χ0) is 9.97. The Morgan fingerprint density at radius 3 is 2.79 bits per heavy atom. The molecule has 0 aliphatic carbocycles. The van der Waals surface area contributed by atoms with Crippen molar-refractivity contribution in [2.45, 2.75) is 12.5 Å². The molecule has 4 nitrogen and oxygen atoms in total. The molecule has 1 aromatic rings. The first-order chi connectivity index (χ1) is 6.75. The van der Waals surface area contributed by atoms with E-state index in [1.807, 2.05) is 18.2 Å². The van der Waals surface area contributed by atoms with E-state index in [0.29, 0.717) is 17.4 Å². The van der Waals surface area contributed by atoms with Gasteiger partial charge in [0.05, 0.1) is 24.0 Å². The van der Waals surface area contributed by atoms with Crippen LogP contribution in [0.5, 0.6) is 0 Å². The standard InChI is InChI=1S/C10H15N3O/c11-9-2-1-7(5-10(9)12)13-8-3-4-14-6-8/h1-2,5,8,13H,3-4,6,11-12H2. The Bertz CT molecular complexity index is 321. The number of nitrogens with one attached hydrogen (secondary N) is 1. The summed E-state index contributed by atoms with van der Waals surface area (Å²) in [4.78, 5) is 0. The van der Waals surface area contributed by atoms with Gasteiger partial charge in [0.1, 0.15) is 0 Å². The molecule has 0 saturated carbocycles. The summed E-state index contributed by atoms with van der Waals surface area (Å²) < 4.78 is 5.26. The van der Waals surface area contributed by atoms with E-state index < -0.39 is 0 Å². The molecule has 0 amide bonds. The summed E-state index contributed by atoms with van der Waals surface area (Å²) in [5.74, 6) is 0. The van der Waals surface area contributed by atoms with E-state index in [0.717, 1.165) is 25.3 Å². The smallest absolute Gasteiger partial charge is 0.0668 e. The number of anilines is 3. The van der Waals surface area contributed by atoms with E-state index in [-0.39, 0.29) is 0 Å². The Balaban J connectivity index is 2.05. The molecule has 0 spiro atoms. The second-order valence-corrected chi connectivity index (χ2v) is 3.55. The molecular weight excluding hydrogens is 178 g/mol. The highest BCUT2D eigenvalue weighted by Crippen LogP contribution is 2.21. The molecule has 1 fully saturated rings. The lowest BCUT2D eigenvalue weighted by atomic mass is 10.2. The highest BCUT2D eigenvalue weighted by molar-refractivity contribution is 5.69. The topological polar surface area (TPSA) is 73.3 Å². The lowest BCUT2D eigenvalue weighted by Crippen LogP contribution is -2.18. The number of hydrogen-bond donors (Lipinski definition) is 3. The van der Waals surface area contributed by atoms with Gasteiger partial charge in [0, 0.05) is 12.3 Å². The van der Waals surface area contributed by atoms with Crippen molar-refractivity contribution >= 4 is 17.1 Å². The first-order valence-electron chi connectivity index (χ1n) is 4.75. The highest BCUT2D eigenvalue weighted by Gasteiger charge is 2.14. The van der Waals surface area contributed by atoms with E-state index in [1.165, 1.54) is 0 Å². The van der Waals surface area contributed by atoms with Crippen molar-refractivity contribution in [1.82, 2.24) is 0 Å². The normalized spacial score (nSPS) is 21.0. The van der Waals surface area contributed by atoms with Crippen molar-refractivity contribution < 1.29 is 4.74 Å². The maximum Gasteiger partial charge on any atom is 0.0668 e. The summed E-state index contributed by atoms with van der Waals surface area (Å²) in [7, 11) is 0. The van der Waals surface area contributed by atoms with E-state index >= 15 is 0 Å². The van der Waals surface area contributed by atoms with Crippen molar-refractivity contribution in [2.75, 3.05) is 30.0 Å². The summed E-state index contributed by atoms with van der Waals surface area (Å²) in [5.41, 5.74) is 13.6. The monoisotopic (exact) mass is 193 g/mol. The van der Waals surface area contributed by atoms with Gasteiger partial charge in [0.2, 0.25) is 0 Å². The fraction of sp³-hybridized carbons (Fsp3) is 0.400. The predicted octanol–water partition coefficient (Wildman–Crippen LogP) is 1.05. The fourth-order valence-corrected chi connectivity index (χ4v) is 1.55. The van der Waals surface area contributed by atoms with Crippen molar-refractivity contribution in [1.29, 1.82) is 0 Å². The molecule has 1 aliphatic heterocycles. The Morgan fingerprint density at radius 2 is 2.14 bits per heavy atom. The SMILES string of the molecule is Nc1ccc(NC2CCOC2)cc1N. The summed E-state index contributed by atoms with van der Waals surface area (Å²) in [5, 5.41) is 3.35. The average molecular weight is 193 g/mol. The molecule has 1 heterocycles. The zero-order valence-electron chi connectivity index (χ0n) is 7.99. The minimum Gasteiger partial charge on any atom is -0.397 e. The van der Waals surface area contributed by atoms with E-state index in [1.54, 1.807) is 0 Å². The Kier molecular flexibility index (Phi) is 2.45. The molecule has 0 radical (unpaired) electrons. The maximum absolute atomic E-state index is 5.70. The van der Waals surface area contributed by atoms with Crippen molar-refractivity contribution in [3.05, 3.63) is 18.2 Å². The molecule has 1 unspecified atom stereocenters. The number of rotatable bonds is 2. The molecule has 4 heteroatoms. The van der Waals surface area contributed by atoms with Crippen LogP contribution in [0.3, 0.4) is 0 Å². The van der Waals surface area contributed by atoms with E-state index in [2.05, 4.69) is 5.32 Å². The van der Waals surface area contributed by atoms with Crippen LogP contribution in [0.25, 0.3) is 0 Å². The number of nitrogens with two attached hydrogens (primary N) is 2. The van der Waals surface area contributed by atoms with Crippen molar-refractivity contribution in [2.24, 2.45) is 0 Å². The highest BCUT2D eigenvalue weighted by atomic mass is 16.5. The number of nitrogen functional groups attached to an aromatic ring is 2. The molecule has 14 heavy (non-hydrogen) atoms. The van der Waals surface area contributed by atoms with Crippen molar-refractivity contribution in [3.63, 3.8) is 0 Å². The molecule has 1 aliphatic rings. The Labute approximate surface area is 83.2 Å². The van der Waals surface area contributed by atoms with Crippen LogP contribution in [0.4, 0.5) is 17.1 Å². The lowest BCUT2D eigenvalue weighted by molar-refractivity contribution is 0.195. The van der Waals surface area contributed by atoms with Crippen LogP contribution in [0, 0.1) is 0 Å². The quantitative estimate of drug-likeness (QED) is 0.614. The number of hydrogen-bond acceptors (Lipinski definition) is 4. The first kappa shape index (κ1) is 9.15. The van der Waals surface area contributed by atoms with E-state index in [9.17, 15) is 0 Å². The second-order valence-electron chi connectivity index (χ2n) is 3.55. The Morgan fingerprint density at radius 1 is 1.29 bits per heavy atom. The Hall–Kier alpha value is -1.42. The minimum absolute atomic E-state index is 0.401. The van der Waals surface area contributed by atoms with Crippen LogP contribution in [-0.2, 0) is 4.74 Å². The van der Waals surface area contributed by atoms with Gasteiger partial charge in [-0.1, -0.05) is 0 Å². The molecule has 1 atom stereocenters. The largest absolute Gasteiger partial charge is 0.397 e. The number of ether oxygens (including phenoxy) is 1. The summed E-state index contributed by atoms with van der Waals surface area (Å²) >= 11 is 0. The average Bonchev–Trinajstić information content (AvgIpc) is 2.64. The van der Waals surface area contributed by atoms with Gasteiger partial charge in [-0.05, 0) is 24.6 Å². The minimum atomic E-state index is 0.401. The van der Waals surface area contributed by atoms with Gasteiger partial charge in [-0.3, -0.25) is 0 Å². The van der Waals surface area contributed by atoms with Crippen LogP contribution in [0.2, 0.25) is 0 Å². The lowest BCUT2D eigenvalue weighted by Gasteiger charge is -2.13. The van der Waals surface area contributed by atoms with Gasteiger partial charge in [-0.25, -0.2) is 0 Å². The van der Waals surface area contributed by atoms with Crippen LogP contribution in [0.15, 0.2) is 18.2 Å². The van der Waals surface area contributed by atoms with Crippen LogP contribution < -0.4 is 16.8 Å².